The zero-order valence-electron chi connectivity index (χ0n) is 9.47. The molecular weight excluding hydrogens is 208 g/mol. The van der Waals surface area contributed by atoms with Crippen LogP contribution in [0, 0.1) is 11.6 Å². The highest BCUT2D eigenvalue weighted by molar-refractivity contribution is 5.27. The van der Waals surface area contributed by atoms with Crippen molar-refractivity contribution in [2.24, 2.45) is 5.73 Å². The van der Waals surface area contributed by atoms with Crippen molar-refractivity contribution < 1.29 is 8.78 Å². The lowest BCUT2D eigenvalue weighted by Gasteiger charge is -2.36. The first-order chi connectivity index (χ1) is 7.49. The molecule has 2 rings (SSSR count). The molecule has 1 aromatic carbocycles. The van der Waals surface area contributed by atoms with E-state index in [4.69, 9.17) is 5.73 Å². The summed E-state index contributed by atoms with van der Waals surface area (Å²) in [6.45, 7) is 2.06. The van der Waals surface area contributed by atoms with Gasteiger partial charge in [-0.05, 0) is 48.8 Å². The predicted octanol–water partition coefficient (Wildman–Crippen LogP) is 3.12. The molecule has 0 heterocycles. The highest BCUT2D eigenvalue weighted by Crippen LogP contribution is 2.38. The summed E-state index contributed by atoms with van der Waals surface area (Å²) in [7, 11) is 0. The predicted molar refractivity (Wildman–Crippen MR) is 60.2 cm³/mol. The van der Waals surface area contributed by atoms with Crippen molar-refractivity contribution in [2.75, 3.05) is 0 Å². The minimum atomic E-state index is -0.494. The largest absolute Gasteiger partial charge is 0.328 e. The number of nitrogens with two attached hydrogens (primary N) is 1. The molecule has 0 saturated heterocycles. The number of hydrogen-bond acceptors (Lipinski definition) is 1. The second-order valence-corrected chi connectivity index (χ2v) is 5.06. The topological polar surface area (TPSA) is 26.0 Å². The van der Waals surface area contributed by atoms with Crippen LogP contribution in [0.5, 0.6) is 0 Å². The van der Waals surface area contributed by atoms with E-state index in [9.17, 15) is 8.78 Å². The van der Waals surface area contributed by atoms with Gasteiger partial charge in [0.25, 0.3) is 0 Å². The Kier molecular flexibility index (Phi) is 2.98. The molecule has 0 unspecified atom stereocenters. The summed E-state index contributed by atoms with van der Waals surface area (Å²) in [6.07, 6.45) is 3.65. The van der Waals surface area contributed by atoms with E-state index in [-0.39, 0.29) is 11.5 Å². The fraction of sp³-hybridized carbons (Fsp3) is 0.538. The van der Waals surface area contributed by atoms with Crippen LogP contribution in [0.15, 0.2) is 18.2 Å². The van der Waals surface area contributed by atoms with E-state index in [1.54, 1.807) is 0 Å². The Morgan fingerprint density at radius 2 is 1.62 bits per heavy atom. The lowest BCUT2D eigenvalue weighted by Crippen LogP contribution is -2.34. The molecule has 0 bridgehead atoms. The van der Waals surface area contributed by atoms with E-state index in [1.807, 2.05) is 0 Å². The molecule has 3 heteroatoms. The van der Waals surface area contributed by atoms with E-state index in [0.717, 1.165) is 37.3 Å². The average molecular weight is 225 g/mol. The number of halogens is 2. The first kappa shape index (κ1) is 11.5. The second kappa shape index (κ2) is 4.13. The molecule has 2 N–H and O–H groups in total. The van der Waals surface area contributed by atoms with Gasteiger partial charge in [0.1, 0.15) is 11.6 Å². The van der Waals surface area contributed by atoms with Crippen LogP contribution in [0.3, 0.4) is 0 Å². The third-order valence-corrected chi connectivity index (χ3v) is 3.69. The SMILES string of the molecule is C[C@]1(c2cc(F)cc(F)c2)CC[C@@H](N)CC1. The Morgan fingerprint density at radius 1 is 1.12 bits per heavy atom. The molecule has 0 amide bonds. The van der Waals surface area contributed by atoms with Gasteiger partial charge in [0.15, 0.2) is 0 Å². The lowest BCUT2D eigenvalue weighted by molar-refractivity contribution is 0.291. The lowest BCUT2D eigenvalue weighted by atomic mass is 9.70. The molecular formula is C13H17F2N. The van der Waals surface area contributed by atoms with E-state index in [1.165, 1.54) is 12.1 Å². The molecule has 1 saturated carbocycles. The maximum Gasteiger partial charge on any atom is 0.126 e. The third kappa shape index (κ3) is 2.24. The molecule has 16 heavy (non-hydrogen) atoms. The van der Waals surface area contributed by atoms with Crippen LogP contribution in [0.4, 0.5) is 8.78 Å². The Labute approximate surface area is 94.7 Å². The van der Waals surface area contributed by atoms with Gasteiger partial charge in [-0.15, -0.1) is 0 Å². The highest BCUT2D eigenvalue weighted by atomic mass is 19.1. The van der Waals surface area contributed by atoms with Gasteiger partial charge in [0.2, 0.25) is 0 Å². The molecule has 1 aliphatic carbocycles. The van der Waals surface area contributed by atoms with Crippen LogP contribution in [0.2, 0.25) is 0 Å². The van der Waals surface area contributed by atoms with Crippen molar-refractivity contribution >= 4 is 0 Å². The van der Waals surface area contributed by atoms with Crippen molar-refractivity contribution in [3.63, 3.8) is 0 Å². The fourth-order valence-electron chi connectivity index (χ4n) is 2.47. The quantitative estimate of drug-likeness (QED) is 0.780. The van der Waals surface area contributed by atoms with Gasteiger partial charge in [-0.3, -0.25) is 0 Å². The summed E-state index contributed by atoms with van der Waals surface area (Å²) < 4.78 is 26.3. The van der Waals surface area contributed by atoms with Crippen LogP contribution in [-0.4, -0.2) is 6.04 Å². The normalized spacial score (nSPS) is 30.4. The molecule has 88 valence electrons. The second-order valence-electron chi connectivity index (χ2n) is 5.06. The smallest absolute Gasteiger partial charge is 0.126 e. The molecule has 0 spiro atoms. The number of benzene rings is 1. The van der Waals surface area contributed by atoms with Gasteiger partial charge in [-0.2, -0.15) is 0 Å². The van der Waals surface area contributed by atoms with Crippen LogP contribution >= 0.6 is 0 Å². The first-order valence-corrected chi connectivity index (χ1v) is 5.72. The molecule has 0 aromatic heterocycles. The number of hydrogen-bond donors (Lipinski definition) is 1. The van der Waals surface area contributed by atoms with Crippen molar-refractivity contribution in [3.05, 3.63) is 35.4 Å². The Bertz CT molecular complexity index is 361. The van der Waals surface area contributed by atoms with Crippen LogP contribution in [0.25, 0.3) is 0 Å². The Hall–Kier alpha value is -0.960. The summed E-state index contributed by atoms with van der Waals surface area (Å²) in [4.78, 5) is 0. The fourth-order valence-corrected chi connectivity index (χ4v) is 2.47. The minimum Gasteiger partial charge on any atom is -0.328 e. The van der Waals surface area contributed by atoms with Crippen molar-refractivity contribution in [1.82, 2.24) is 0 Å². The van der Waals surface area contributed by atoms with Crippen LogP contribution in [-0.2, 0) is 5.41 Å². The maximum atomic E-state index is 13.2. The zero-order chi connectivity index (χ0) is 11.8. The Morgan fingerprint density at radius 3 is 2.12 bits per heavy atom. The van der Waals surface area contributed by atoms with Gasteiger partial charge in [-0.1, -0.05) is 6.92 Å². The van der Waals surface area contributed by atoms with Crippen molar-refractivity contribution in [1.29, 1.82) is 0 Å². The van der Waals surface area contributed by atoms with Crippen molar-refractivity contribution in [2.45, 2.75) is 44.1 Å². The van der Waals surface area contributed by atoms with E-state index >= 15 is 0 Å². The summed E-state index contributed by atoms with van der Waals surface area (Å²) in [5, 5.41) is 0. The van der Waals surface area contributed by atoms with Gasteiger partial charge in [0, 0.05) is 12.1 Å². The zero-order valence-corrected chi connectivity index (χ0v) is 9.47. The van der Waals surface area contributed by atoms with Gasteiger partial charge in [-0.25, -0.2) is 8.78 Å². The molecule has 1 fully saturated rings. The minimum absolute atomic E-state index is 0.126. The summed E-state index contributed by atoms with van der Waals surface area (Å²) in [5.74, 6) is -0.989. The molecule has 1 aromatic rings. The van der Waals surface area contributed by atoms with Crippen LogP contribution < -0.4 is 5.73 Å². The summed E-state index contributed by atoms with van der Waals surface area (Å²) in [6, 6.07) is 4.05. The van der Waals surface area contributed by atoms with Gasteiger partial charge in [0.05, 0.1) is 0 Å². The molecule has 0 atom stereocenters. The molecule has 0 radical (unpaired) electrons. The number of rotatable bonds is 1. The first-order valence-electron chi connectivity index (χ1n) is 5.72. The Balaban J connectivity index is 2.28. The van der Waals surface area contributed by atoms with E-state index < -0.39 is 11.6 Å². The van der Waals surface area contributed by atoms with E-state index in [2.05, 4.69) is 6.92 Å². The maximum absolute atomic E-state index is 13.2. The van der Waals surface area contributed by atoms with Crippen molar-refractivity contribution in [3.8, 4) is 0 Å². The van der Waals surface area contributed by atoms with Gasteiger partial charge < -0.3 is 5.73 Å². The monoisotopic (exact) mass is 225 g/mol. The molecule has 0 aliphatic heterocycles. The average Bonchev–Trinajstić information content (AvgIpc) is 2.21. The molecule has 1 nitrogen and oxygen atoms in total. The summed E-state index contributed by atoms with van der Waals surface area (Å²) in [5.41, 5.74) is 6.48. The van der Waals surface area contributed by atoms with E-state index in [0.29, 0.717) is 0 Å². The van der Waals surface area contributed by atoms with Gasteiger partial charge >= 0.3 is 0 Å². The third-order valence-electron chi connectivity index (χ3n) is 3.69. The van der Waals surface area contributed by atoms with Crippen LogP contribution in [0.1, 0.15) is 38.2 Å². The summed E-state index contributed by atoms with van der Waals surface area (Å²) >= 11 is 0. The highest BCUT2D eigenvalue weighted by Gasteiger charge is 2.32. The molecule has 1 aliphatic rings. The standard InChI is InChI=1S/C13H17F2N/c1-13(4-2-12(16)3-5-13)9-6-10(14)8-11(15)7-9/h6-8,12H,2-5,16H2,1H3/t12-,13+.